The first-order chi connectivity index (χ1) is 14.3. The largest absolute Gasteiger partial charge is 0.361 e. The van der Waals surface area contributed by atoms with E-state index in [0.29, 0.717) is 0 Å². The first kappa shape index (κ1) is 20.3. The van der Waals surface area contributed by atoms with Crippen molar-refractivity contribution in [2.75, 3.05) is 0 Å². The summed E-state index contributed by atoms with van der Waals surface area (Å²) >= 11 is 0. The number of nitro groups is 1. The van der Waals surface area contributed by atoms with E-state index in [1.807, 2.05) is 67.6 Å². The Balaban J connectivity index is 1.77. The van der Waals surface area contributed by atoms with Crippen LogP contribution < -0.4 is 0 Å². The molecule has 3 aromatic carbocycles. The van der Waals surface area contributed by atoms with Gasteiger partial charge in [0.05, 0.1) is 20.7 Å². The van der Waals surface area contributed by atoms with Gasteiger partial charge in [-0.2, -0.15) is 0 Å². The van der Waals surface area contributed by atoms with Gasteiger partial charge in [-0.3, -0.25) is 10.1 Å². The number of hydrogen-bond donors (Lipinski definition) is 0. The molecule has 0 N–H and O–H groups in total. The van der Waals surface area contributed by atoms with Gasteiger partial charge in [0.2, 0.25) is 0 Å². The number of nitro benzene ring substituents is 1. The standard InChI is InChI=1S/C23H21NO5S/c1-23(18-10-6-3-7-11-18)16-21(22(29-23)17-8-4-2-5-9-17)30(27,28)20-14-12-19(13-15-20)24(25)26/h2-15,21-22H,16H2,1H3/t21-,22-,23+/m1/s1. The van der Waals surface area contributed by atoms with E-state index < -0.39 is 31.7 Å². The normalized spacial score (nSPS) is 23.9. The van der Waals surface area contributed by atoms with Crippen LogP contribution in [0.15, 0.2) is 89.8 Å². The van der Waals surface area contributed by atoms with Crippen LogP contribution in [0.5, 0.6) is 0 Å². The second kappa shape index (κ2) is 7.66. The molecule has 1 aliphatic rings. The van der Waals surface area contributed by atoms with Crippen LogP contribution in [0.4, 0.5) is 5.69 Å². The molecule has 0 radical (unpaired) electrons. The maximum absolute atomic E-state index is 13.6. The fourth-order valence-electron chi connectivity index (χ4n) is 4.00. The summed E-state index contributed by atoms with van der Waals surface area (Å²) in [6, 6.07) is 23.9. The molecule has 4 rings (SSSR count). The molecule has 3 aromatic rings. The number of nitrogens with zero attached hydrogens (tertiary/aromatic N) is 1. The summed E-state index contributed by atoms with van der Waals surface area (Å²) in [5.74, 6) is 0. The SMILES string of the molecule is C[C@@]1(c2ccccc2)C[C@@H](S(=O)(=O)c2ccc([N+](=O)[O-])cc2)[C@@H](c2ccccc2)O1. The van der Waals surface area contributed by atoms with Crippen LogP contribution in [0.1, 0.15) is 30.6 Å². The molecule has 7 heteroatoms. The van der Waals surface area contributed by atoms with Gasteiger partial charge >= 0.3 is 0 Å². The predicted octanol–water partition coefficient (Wildman–Crippen LogP) is 4.81. The minimum atomic E-state index is -3.81. The van der Waals surface area contributed by atoms with Crippen molar-refractivity contribution in [3.8, 4) is 0 Å². The van der Waals surface area contributed by atoms with Crippen LogP contribution in [0.25, 0.3) is 0 Å². The molecular formula is C23H21NO5S. The lowest BCUT2D eigenvalue weighted by molar-refractivity contribution is -0.384. The Morgan fingerprint density at radius 2 is 1.50 bits per heavy atom. The van der Waals surface area contributed by atoms with Crippen molar-refractivity contribution in [1.82, 2.24) is 0 Å². The van der Waals surface area contributed by atoms with Gasteiger partial charge < -0.3 is 4.74 Å². The summed E-state index contributed by atoms with van der Waals surface area (Å²) < 4.78 is 33.6. The van der Waals surface area contributed by atoms with Crippen molar-refractivity contribution in [3.05, 3.63) is 106 Å². The number of benzene rings is 3. The summed E-state index contributed by atoms with van der Waals surface area (Å²) in [4.78, 5) is 10.4. The molecule has 1 heterocycles. The average Bonchev–Trinajstić information content (AvgIpc) is 3.15. The predicted molar refractivity (Wildman–Crippen MR) is 113 cm³/mol. The lowest BCUT2D eigenvalue weighted by Crippen LogP contribution is -2.26. The van der Waals surface area contributed by atoms with E-state index in [1.54, 1.807) is 0 Å². The van der Waals surface area contributed by atoms with Crippen LogP contribution in [-0.2, 0) is 20.2 Å². The maximum Gasteiger partial charge on any atom is 0.269 e. The molecule has 0 amide bonds. The fraction of sp³-hybridized carbons (Fsp3) is 0.217. The molecule has 0 aromatic heterocycles. The second-order valence-corrected chi connectivity index (χ2v) is 9.75. The zero-order valence-corrected chi connectivity index (χ0v) is 17.2. The number of rotatable bonds is 5. The number of sulfone groups is 1. The Hall–Kier alpha value is -3.03. The summed E-state index contributed by atoms with van der Waals surface area (Å²) in [5.41, 5.74) is 0.769. The Morgan fingerprint density at radius 1 is 0.933 bits per heavy atom. The molecule has 0 aliphatic carbocycles. The van der Waals surface area contributed by atoms with Crippen molar-refractivity contribution >= 4 is 15.5 Å². The topological polar surface area (TPSA) is 86.5 Å². The Kier molecular flexibility index (Phi) is 5.17. The van der Waals surface area contributed by atoms with Crippen molar-refractivity contribution in [1.29, 1.82) is 0 Å². The van der Waals surface area contributed by atoms with Crippen LogP contribution in [0.2, 0.25) is 0 Å². The molecule has 30 heavy (non-hydrogen) atoms. The third-order valence-corrected chi connectivity index (χ3v) is 7.74. The molecule has 154 valence electrons. The third-order valence-electron chi connectivity index (χ3n) is 5.60. The van der Waals surface area contributed by atoms with Crippen molar-refractivity contribution < 1.29 is 18.1 Å². The van der Waals surface area contributed by atoms with E-state index in [1.165, 1.54) is 24.3 Å². The quantitative estimate of drug-likeness (QED) is 0.434. The molecule has 0 saturated carbocycles. The highest BCUT2D eigenvalue weighted by molar-refractivity contribution is 7.92. The van der Waals surface area contributed by atoms with Crippen LogP contribution in [-0.4, -0.2) is 18.6 Å². The lowest BCUT2D eigenvalue weighted by Gasteiger charge is -2.25. The van der Waals surface area contributed by atoms with Gasteiger partial charge in [0.25, 0.3) is 5.69 Å². The van der Waals surface area contributed by atoms with E-state index in [9.17, 15) is 18.5 Å². The zero-order valence-electron chi connectivity index (χ0n) is 16.3. The highest BCUT2D eigenvalue weighted by atomic mass is 32.2. The number of hydrogen-bond acceptors (Lipinski definition) is 5. The van der Waals surface area contributed by atoms with Gasteiger partial charge in [-0.1, -0.05) is 60.7 Å². The molecule has 6 nitrogen and oxygen atoms in total. The van der Waals surface area contributed by atoms with Crippen molar-refractivity contribution in [3.63, 3.8) is 0 Å². The third kappa shape index (κ3) is 3.62. The number of ether oxygens (including phenoxy) is 1. The smallest absolute Gasteiger partial charge is 0.269 e. The van der Waals surface area contributed by atoms with E-state index >= 15 is 0 Å². The van der Waals surface area contributed by atoms with Crippen molar-refractivity contribution in [2.24, 2.45) is 0 Å². The first-order valence-electron chi connectivity index (χ1n) is 9.58. The summed E-state index contributed by atoms with van der Waals surface area (Å²) in [6.07, 6.45) is -0.382. The van der Waals surface area contributed by atoms with E-state index in [2.05, 4.69) is 0 Å². The molecule has 0 unspecified atom stereocenters. The monoisotopic (exact) mass is 423 g/mol. The van der Waals surface area contributed by atoms with Gasteiger partial charge in [-0.25, -0.2) is 8.42 Å². The summed E-state index contributed by atoms with van der Waals surface area (Å²) in [6.45, 7) is 1.91. The van der Waals surface area contributed by atoms with Gasteiger partial charge in [-0.15, -0.1) is 0 Å². The Morgan fingerprint density at radius 3 is 2.07 bits per heavy atom. The summed E-state index contributed by atoms with van der Waals surface area (Å²) in [5, 5.41) is 10.1. The van der Waals surface area contributed by atoms with Gasteiger partial charge in [0, 0.05) is 18.6 Å². The number of non-ortho nitro benzene ring substituents is 1. The average molecular weight is 423 g/mol. The molecule has 1 saturated heterocycles. The molecular weight excluding hydrogens is 402 g/mol. The van der Waals surface area contributed by atoms with Gasteiger partial charge in [-0.05, 0) is 30.2 Å². The van der Waals surface area contributed by atoms with Gasteiger partial charge in [0.15, 0.2) is 9.84 Å². The van der Waals surface area contributed by atoms with Crippen LogP contribution >= 0.6 is 0 Å². The van der Waals surface area contributed by atoms with E-state index in [-0.39, 0.29) is 17.0 Å². The molecule has 3 atom stereocenters. The minimum absolute atomic E-state index is 0.0555. The fourth-order valence-corrected chi connectivity index (χ4v) is 5.94. The van der Waals surface area contributed by atoms with Crippen LogP contribution in [0.3, 0.4) is 0 Å². The lowest BCUT2D eigenvalue weighted by atomic mass is 9.92. The molecule has 1 aliphatic heterocycles. The van der Waals surface area contributed by atoms with Gasteiger partial charge in [0.1, 0.15) is 6.10 Å². The second-order valence-electron chi connectivity index (χ2n) is 7.58. The molecule has 0 spiro atoms. The first-order valence-corrected chi connectivity index (χ1v) is 11.1. The molecule has 1 fully saturated rings. The minimum Gasteiger partial charge on any atom is -0.361 e. The zero-order chi connectivity index (χ0) is 21.4. The molecule has 0 bridgehead atoms. The summed E-state index contributed by atoms with van der Waals surface area (Å²) in [7, 11) is -3.81. The Labute approximate surface area is 175 Å². The highest BCUT2D eigenvalue weighted by Crippen LogP contribution is 2.49. The highest BCUT2D eigenvalue weighted by Gasteiger charge is 2.50. The Bertz CT molecular complexity index is 1150. The van der Waals surface area contributed by atoms with E-state index in [4.69, 9.17) is 4.74 Å². The van der Waals surface area contributed by atoms with Crippen molar-refractivity contribution in [2.45, 2.75) is 35.2 Å². The van der Waals surface area contributed by atoms with Crippen LogP contribution in [0, 0.1) is 10.1 Å². The van der Waals surface area contributed by atoms with E-state index in [0.717, 1.165) is 11.1 Å². The maximum atomic E-state index is 13.6.